The summed E-state index contributed by atoms with van der Waals surface area (Å²) in [7, 11) is 1.57. The number of para-hydroxylation sites is 1. The van der Waals surface area contributed by atoms with Crippen molar-refractivity contribution in [3.8, 4) is 11.5 Å². The first-order valence-electron chi connectivity index (χ1n) is 5.80. The molecule has 1 aromatic rings. The quantitative estimate of drug-likeness (QED) is 0.906. The summed E-state index contributed by atoms with van der Waals surface area (Å²) < 4.78 is 12.0. The van der Waals surface area contributed by atoms with Crippen LogP contribution in [0.5, 0.6) is 11.5 Å². The van der Waals surface area contributed by atoms with Gasteiger partial charge < -0.3 is 14.6 Å². The number of carbonyl (C=O) groups is 1. The minimum absolute atomic E-state index is 0.0253. The summed E-state index contributed by atoms with van der Waals surface area (Å²) in [5, 5.41) is 8.96. The van der Waals surface area contributed by atoms with E-state index in [1.54, 1.807) is 13.2 Å². The molecule has 1 saturated carbocycles. The molecule has 0 atom stereocenters. The van der Waals surface area contributed by atoms with Gasteiger partial charge in [-0.1, -0.05) is 6.07 Å². The highest BCUT2D eigenvalue weighted by atomic mass is 79.9. The monoisotopic (exact) mass is 314 g/mol. The summed E-state index contributed by atoms with van der Waals surface area (Å²) in [6.07, 6.45) is 2.56. The molecule has 0 aliphatic heterocycles. The number of carboxylic acid groups (broad SMARTS) is 1. The molecule has 0 spiro atoms. The normalized spacial score (nSPS) is 16.8. The fraction of sp³-hybridized carbons (Fsp3) is 0.462. The number of methoxy groups -OCH3 is 1. The van der Waals surface area contributed by atoms with Gasteiger partial charge in [-0.2, -0.15) is 0 Å². The molecular weight excluding hydrogens is 300 g/mol. The average molecular weight is 315 g/mol. The number of carboxylic acids is 1. The fourth-order valence-corrected chi connectivity index (χ4v) is 2.56. The Kier molecular flexibility index (Phi) is 3.80. The summed E-state index contributed by atoms with van der Waals surface area (Å²) in [5.74, 6) is 0.364. The Hall–Kier alpha value is -1.23. The second-order valence-corrected chi connectivity index (χ2v) is 5.33. The second-order valence-electron chi connectivity index (χ2n) is 4.48. The van der Waals surface area contributed by atoms with Crippen LogP contribution in [0.2, 0.25) is 0 Å². The van der Waals surface area contributed by atoms with Crippen molar-refractivity contribution >= 4 is 21.9 Å². The third kappa shape index (κ3) is 2.61. The van der Waals surface area contributed by atoms with Crippen molar-refractivity contribution in [1.29, 1.82) is 0 Å². The first-order chi connectivity index (χ1) is 8.56. The zero-order valence-electron chi connectivity index (χ0n) is 10.1. The van der Waals surface area contributed by atoms with Crippen LogP contribution in [0.1, 0.15) is 25.7 Å². The molecule has 0 saturated heterocycles. The SMILES string of the molecule is COc1cccc(Br)c1OC1(CC(=O)O)CCC1. The van der Waals surface area contributed by atoms with E-state index in [9.17, 15) is 4.79 Å². The van der Waals surface area contributed by atoms with Crippen LogP contribution in [0.4, 0.5) is 0 Å². The van der Waals surface area contributed by atoms with Gasteiger partial charge in [0.1, 0.15) is 5.60 Å². The Morgan fingerprint density at radius 1 is 1.50 bits per heavy atom. The van der Waals surface area contributed by atoms with Crippen molar-refractivity contribution < 1.29 is 19.4 Å². The Morgan fingerprint density at radius 3 is 2.72 bits per heavy atom. The number of rotatable bonds is 5. The molecule has 4 nitrogen and oxygen atoms in total. The zero-order chi connectivity index (χ0) is 13.2. The number of halogens is 1. The first-order valence-corrected chi connectivity index (χ1v) is 6.59. The molecule has 0 amide bonds. The smallest absolute Gasteiger partial charge is 0.307 e. The van der Waals surface area contributed by atoms with Crippen LogP contribution in [0.15, 0.2) is 22.7 Å². The molecule has 1 aliphatic rings. The molecule has 2 rings (SSSR count). The van der Waals surface area contributed by atoms with Gasteiger partial charge in [0, 0.05) is 0 Å². The Balaban J connectivity index is 2.24. The van der Waals surface area contributed by atoms with E-state index in [4.69, 9.17) is 14.6 Å². The minimum Gasteiger partial charge on any atom is -0.493 e. The third-order valence-corrected chi connectivity index (χ3v) is 3.83. The predicted molar refractivity (Wildman–Crippen MR) is 70.2 cm³/mol. The van der Waals surface area contributed by atoms with Crippen LogP contribution in [0.25, 0.3) is 0 Å². The standard InChI is InChI=1S/C13H15BrO4/c1-17-10-5-2-4-9(14)12(10)18-13(6-3-7-13)8-11(15)16/h2,4-5H,3,6-8H2,1H3,(H,15,16). The van der Waals surface area contributed by atoms with E-state index in [-0.39, 0.29) is 6.42 Å². The molecular formula is C13H15BrO4. The molecule has 1 aromatic carbocycles. The Morgan fingerprint density at radius 2 is 2.22 bits per heavy atom. The number of hydrogen-bond donors (Lipinski definition) is 1. The Bertz CT molecular complexity index is 454. The molecule has 0 radical (unpaired) electrons. The zero-order valence-corrected chi connectivity index (χ0v) is 11.7. The van der Waals surface area contributed by atoms with Crippen molar-refractivity contribution in [3.63, 3.8) is 0 Å². The first kappa shape index (κ1) is 13.2. The number of benzene rings is 1. The van der Waals surface area contributed by atoms with Crippen LogP contribution in [0.3, 0.4) is 0 Å². The van der Waals surface area contributed by atoms with Gasteiger partial charge in [-0.25, -0.2) is 0 Å². The van der Waals surface area contributed by atoms with Gasteiger partial charge in [0.05, 0.1) is 18.0 Å². The van der Waals surface area contributed by atoms with Crippen molar-refractivity contribution in [2.75, 3.05) is 7.11 Å². The van der Waals surface area contributed by atoms with Crippen LogP contribution < -0.4 is 9.47 Å². The van der Waals surface area contributed by atoms with E-state index in [0.717, 1.165) is 23.7 Å². The van der Waals surface area contributed by atoms with Crippen molar-refractivity contribution in [2.24, 2.45) is 0 Å². The van der Waals surface area contributed by atoms with Gasteiger partial charge in [0.25, 0.3) is 0 Å². The van der Waals surface area contributed by atoms with Gasteiger partial charge in [-0.3, -0.25) is 4.79 Å². The lowest BCUT2D eigenvalue weighted by Gasteiger charge is -2.41. The minimum atomic E-state index is -0.833. The molecule has 0 unspecified atom stereocenters. The molecule has 0 bridgehead atoms. The fourth-order valence-electron chi connectivity index (χ4n) is 2.13. The van der Waals surface area contributed by atoms with Crippen molar-refractivity contribution in [1.82, 2.24) is 0 Å². The number of hydrogen-bond acceptors (Lipinski definition) is 3. The van der Waals surface area contributed by atoms with Gasteiger partial charge in [-0.15, -0.1) is 0 Å². The van der Waals surface area contributed by atoms with Crippen molar-refractivity contribution in [3.05, 3.63) is 22.7 Å². The Labute approximate surface area is 114 Å². The molecule has 0 aromatic heterocycles. The summed E-state index contributed by atoms with van der Waals surface area (Å²) in [6, 6.07) is 5.50. The van der Waals surface area contributed by atoms with Crippen LogP contribution in [-0.4, -0.2) is 23.8 Å². The molecule has 0 heterocycles. The number of aliphatic carboxylic acids is 1. The maximum Gasteiger partial charge on any atom is 0.307 e. The van der Waals surface area contributed by atoms with E-state index in [1.165, 1.54) is 0 Å². The van der Waals surface area contributed by atoms with Crippen LogP contribution in [-0.2, 0) is 4.79 Å². The summed E-state index contributed by atoms with van der Waals surface area (Å²) in [5.41, 5.74) is -0.580. The molecule has 1 aliphatic carbocycles. The highest BCUT2D eigenvalue weighted by Gasteiger charge is 2.42. The molecule has 18 heavy (non-hydrogen) atoms. The van der Waals surface area contributed by atoms with E-state index >= 15 is 0 Å². The van der Waals surface area contributed by atoms with Crippen LogP contribution in [0, 0.1) is 0 Å². The average Bonchev–Trinajstić information content (AvgIpc) is 2.28. The lowest BCUT2D eigenvalue weighted by Crippen LogP contribution is -2.45. The van der Waals surface area contributed by atoms with Gasteiger partial charge in [0.2, 0.25) is 0 Å². The lowest BCUT2D eigenvalue weighted by atomic mass is 9.77. The lowest BCUT2D eigenvalue weighted by molar-refractivity contribution is -0.144. The molecule has 1 N–H and O–H groups in total. The van der Waals surface area contributed by atoms with E-state index in [0.29, 0.717) is 11.5 Å². The largest absolute Gasteiger partial charge is 0.493 e. The topological polar surface area (TPSA) is 55.8 Å². The second kappa shape index (κ2) is 5.18. The third-order valence-electron chi connectivity index (χ3n) is 3.21. The van der Waals surface area contributed by atoms with Gasteiger partial charge in [-0.05, 0) is 47.3 Å². The van der Waals surface area contributed by atoms with E-state index in [1.807, 2.05) is 12.1 Å². The summed E-state index contributed by atoms with van der Waals surface area (Å²) in [4.78, 5) is 10.9. The van der Waals surface area contributed by atoms with Crippen molar-refractivity contribution in [2.45, 2.75) is 31.3 Å². The summed E-state index contributed by atoms with van der Waals surface area (Å²) in [6.45, 7) is 0. The maximum absolute atomic E-state index is 10.9. The predicted octanol–water partition coefficient (Wildman–Crippen LogP) is 3.23. The highest BCUT2D eigenvalue weighted by molar-refractivity contribution is 9.10. The van der Waals surface area contributed by atoms with E-state index in [2.05, 4.69) is 15.9 Å². The maximum atomic E-state index is 10.9. The number of ether oxygens (including phenoxy) is 2. The molecule has 1 fully saturated rings. The molecule has 98 valence electrons. The molecule has 5 heteroatoms. The summed E-state index contributed by atoms with van der Waals surface area (Å²) >= 11 is 3.41. The van der Waals surface area contributed by atoms with E-state index < -0.39 is 11.6 Å². The highest BCUT2D eigenvalue weighted by Crippen LogP contribution is 2.44. The van der Waals surface area contributed by atoms with Gasteiger partial charge in [0.15, 0.2) is 11.5 Å². The van der Waals surface area contributed by atoms with Crippen LogP contribution >= 0.6 is 15.9 Å². The van der Waals surface area contributed by atoms with Gasteiger partial charge >= 0.3 is 5.97 Å².